The number of nitrogens with zero attached hydrogens (tertiary/aromatic N) is 2. The molecule has 0 aromatic rings. The maximum Gasteiger partial charge on any atom is 0.0594 e. The standard InChI is InChI=1S/C16H32N2O3/c1-15(11-17-3-7-19-8-4-17)13-21-14-16(2)12-18-5-9-20-10-6-18/h15-16H,3-14H2,1-2H3. The van der Waals surface area contributed by atoms with E-state index in [1.54, 1.807) is 0 Å². The van der Waals surface area contributed by atoms with Crippen molar-refractivity contribution < 1.29 is 14.2 Å². The van der Waals surface area contributed by atoms with E-state index in [4.69, 9.17) is 14.2 Å². The third-order valence-corrected chi connectivity index (χ3v) is 4.15. The highest BCUT2D eigenvalue weighted by atomic mass is 16.5. The first-order valence-electron chi connectivity index (χ1n) is 8.42. The summed E-state index contributed by atoms with van der Waals surface area (Å²) in [4.78, 5) is 4.96. The second kappa shape index (κ2) is 9.74. The Balaban J connectivity index is 1.51. The normalized spacial score (nSPS) is 24.9. The molecule has 2 heterocycles. The first-order valence-corrected chi connectivity index (χ1v) is 8.42. The van der Waals surface area contributed by atoms with Gasteiger partial charge in [-0.2, -0.15) is 0 Å². The predicted octanol–water partition coefficient (Wildman–Crippen LogP) is 0.940. The van der Waals surface area contributed by atoms with Gasteiger partial charge in [0.15, 0.2) is 0 Å². The summed E-state index contributed by atoms with van der Waals surface area (Å²) >= 11 is 0. The summed E-state index contributed by atoms with van der Waals surface area (Å²) in [6.45, 7) is 16.3. The lowest BCUT2D eigenvalue weighted by atomic mass is 10.1. The van der Waals surface area contributed by atoms with Crippen molar-refractivity contribution in [2.75, 3.05) is 78.9 Å². The fourth-order valence-electron chi connectivity index (χ4n) is 3.02. The maximum atomic E-state index is 5.92. The molecule has 0 spiro atoms. The van der Waals surface area contributed by atoms with Crippen LogP contribution in [0.4, 0.5) is 0 Å². The summed E-state index contributed by atoms with van der Waals surface area (Å²) in [5, 5.41) is 0. The highest BCUT2D eigenvalue weighted by molar-refractivity contribution is 4.67. The van der Waals surface area contributed by atoms with Crippen molar-refractivity contribution in [2.45, 2.75) is 13.8 Å². The van der Waals surface area contributed by atoms with Crippen LogP contribution in [-0.2, 0) is 14.2 Å². The van der Waals surface area contributed by atoms with Crippen LogP contribution < -0.4 is 0 Å². The van der Waals surface area contributed by atoms with E-state index < -0.39 is 0 Å². The minimum absolute atomic E-state index is 0.596. The SMILES string of the molecule is CC(COCC(C)CN1CCOCC1)CN1CCOCC1. The van der Waals surface area contributed by atoms with Gasteiger partial charge in [0.1, 0.15) is 0 Å². The van der Waals surface area contributed by atoms with Gasteiger partial charge in [-0.25, -0.2) is 0 Å². The zero-order chi connectivity index (χ0) is 14.9. The summed E-state index contributed by atoms with van der Waals surface area (Å²) in [5.74, 6) is 1.19. The lowest BCUT2D eigenvalue weighted by molar-refractivity contribution is 0.00644. The van der Waals surface area contributed by atoms with E-state index >= 15 is 0 Å². The molecule has 2 rings (SSSR count). The number of hydrogen-bond acceptors (Lipinski definition) is 5. The number of rotatable bonds is 8. The molecule has 2 aliphatic rings. The lowest BCUT2D eigenvalue weighted by Gasteiger charge is -2.30. The van der Waals surface area contributed by atoms with E-state index in [1.165, 1.54) is 0 Å². The molecule has 0 amide bonds. The first-order chi connectivity index (χ1) is 10.2. The van der Waals surface area contributed by atoms with Crippen LogP contribution in [0, 0.1) is 11.8 Å². The van der Waals surface area contributed by atoms with Crippen LogP contribution in [0.5, 0.6) is 0 Å². The minimum Gasteiger partial charge on any atom is -0.381 e. The molecular weight excluding hydrogens is 268 g/mol. The molecule has 0 saturated carbocycles. The van der Waals surface area contributed by atoms with Gasteiger partial charge in [0.05, 0.1) is 39.6 Å². The summed E-state index contributed by atoms with van der Waals surface area (Å²) in [6, 6.07) is 0. The Morgan fingerprint density at radius 1 is 0.762 bits per heavy atom. The highest BCUT2D eigenvalue weighted by Crippen LogP contribution is 2.07. The van der Waals surface area contributed by atoms with E-state index in [1.807, 2.05) is 0 Å². The van der Waals surface area contributed by atoms with Gasteiger partial charge < -0.3 is 14.2 Å². The fourth-order valence-corrected chi connectivity index (χ4v) is 3.02. The molecule has 2 aliphatic heterocycles. The quantitative estimate of drug-likeness (QED) is 0.666. The van der Waals surface area contributed by atoms with Gasteiger partial charge in [-0.15, -0.1) is 0 Å². The summed E-state index contributed by atoms with van der Waals surface area (Å²) < 4.78 is 16.7. The second-order valence-electron chi connectivity index (χ2n) is 6.57. The number of hydrogen-bond donors (Lipinski definition) is 0. The number of ether oxygens (including phenoxy) is 3. The molecule has 124 valence electrons. The summed E-state index contributed by atoms with van der Waals surface area (Å²) in [7, 11) is 0. The van der Waals surface area contributed by atoms with Crippen molar-refractivity contribution in [3.63, 3.8) is 0 Å². The Labute approximate surface area is 129 Å². The van der Waals surface area contributed by atoms with Gasteiger partial charge in [-0.3, -0.25) is 9.80 Å². The van der Waals surface area contributed by atoms with Crippen molar-refractivity contribution >= 4 is 0 Å². The molecule has 0 aromatic carbocycles. The zero-order valence-electron chi connectivity index (χ0n) is 13.8. The van der Waals surface area contributed by atoms with Crippen molar-refractivity contribution in [2.24, 2.45) is 11.8 Å². The molecule has 0 aromatic heterocycles. The highest BCUT2D eigenvalue weighted by Gasteiger charge is 2.16. The van der Waals surface area contributed by atoms with Crippen LogP contribution in [-0.4, -0.2) is 88.7 Å². The van der Waals surface area contributed by atoms with Gasteiger partial charge in [0, 0.05) is 39.3 Å². The van der Waals surface area contributed by atoms with E-state index in [0.717, 1.165) is 78.9 Å². The molecule has 0 bridgehead atoms. The Morgan fingerprint density at radius 3 is 1.52 bits per heavy atom. The second-order valence-corrected chi connectivity index (χ2v) is 6.57. The van der Waals surface area contributed by atoms with Gasteiger partial charge in [-0.05, 0) is 11.8 Å². The molecule has 5 heteroatoms. The van der Waals surface area contributed by atoms with Crippen LogP contribution in [0.15, 0.2) is 0 Å². The first kappa shape index (κ1) is 17.2. The Morgan fingerprint density at radius 2 is 1.14 bits per heavy atom. The summed E-state index contributed by atoms with van der Waals surface area (Å²) in [6.07, 6.45) is 0. The van der Waals surface area contributed by atoms with Crippen LogP contribution in [0.25, 0.3) is 0 Å². The Hall–Kier alpha value is -0.200. The van der Waals surface area contributed by atoms with Crippen LogP contribution in [0.1, 0.15) is 13.8 Å². The topological polar surface area (TPSA) is 34.2 Å². The van der Waals surface area contributed by atoms with Gasteiger partial charge in [0.2, 0.25) is 0 Å². The van der Waals surface area contributed by atoms with Crippen molar-refractivity contribution in [3.8, 4) is 0 Å². The van der Waals surface area contributed by atoms with E-state index in [2.05, 4.69) is 23.6 Å². The third kappa shape index (κ3) is 7.06. The van der Waals surface area contributed by atoms with Gasteiger partial charge in [0.25, 0.3) is 0 Å². The Bertz CT molecular complexity index is 240. The molecule has 2 fully saturated rings. The molecule has 2 unspecified atom stereocenters. The minimum atomic E-state index is 0.596. The molecule has 5 nitrogen and oxygen atoms in total. The van der Waals surface area contributed by atoms with Gasteiger partial charge >= 0.3 is 0 Å². The molecule has 2 saturated heterocycles. The molecule has 0 radical (unpaired) electrons. The van der Waals surface area contributed by atoms with Crippen molar-refractivity contribution in [1.29, 1.82) is 0 Å². The third-order valence-electron chi connectivity index (χ3n) is 4.15. The molecule has 21 heavy (non-hydrogen) atoms. The zero-order valence-corrected chi connectivity index (χ0v) is 13.8. The summed E-state index contributed by atoms with van der Waals surface area (Å²) in [5.41, 5.74) is 0. The van der Waals surface area contributed by atoms with Crippen LogP contribution in [0.3, 0.4) is 0 Å². The predicted molar refractivity (Wildman–Crippen MR) is 83.7 cm³/mol. The fraction of sp³-hybridized carbons (Fsp3) is 1.00. The average molecular weight is 300 g/mol. The molecule has 0 N–H and O–H groups in total. The largest absolute Gasteiger partial charge is 0.381 e. The van der Waals surface area contributed by atoms with Crippen molar-refractivity contribution in [1.82, 2.24) is 9.80 Å². The smallest absolute Gasteiger partial charge is 0.0594 e. The number of morpholine rings is 2. The Kier molecular flexibility index (Phi) is 7.96. The van der Waals surface area contributed by atoms with E-state index in [9.17, 15) is 0 Å². The van der Waals surface area contributed by atoms with E-state index in [-0.39, 0.29) is 0 Å². The average Bonchev–Trinajstić information content (AvgIpc) is 2.49. The maximum absolute atomic E-state index is 5.92. The van der Waals surface area contributed by atoms with Crippen molar-refractivity contribution in [3.05, 3.63) is 0 Å². The van der Waals surface area contributed by atoms with Crippen LogP contribution >= 0.6 is 0 Å². The monoisotopic (exact) mass is 300 g/mol. The molecule has 0 aliphatic carbocycles. The van der Waals surface area contributed by atoms with Gasteiger partial charge in [-0.1, -0.05) is 13.8 Å². The van der Waals surface area contributed by atoms with Crippen LogP contribution in [0.2, 0.25) is 0 Å². The van der Waals surface area contributed by atoms with E-state index in [0.29, 0.717) is 11.8 Å². The molecular formula is C16H32N2O3. The molecule has 2 atom stereocenters. The lowest BCUT2D eigenvalue weighted by Crippen LogP contribution is -2.40.